The summed E-state index contributed by atoms with van der Waals surface area (Å²) < 4.78 is 10.9. The molecule has 0 atom stereocenters. The van der Waals surface area contributed by atoms with Crippen LogP contribution in [0.3, 0.4) is 0 Å². The number of aromatic hydroxyl groups is 1. The molecule has 0 spiro atoms. The molecule has 0 unspecified atom stereocenters. The average Bonchev–Trinajstić information content (AvgIpc) is 2.91. The van der Waals surface area contributed by atoms with E-state index in [1.165, 1.54) is 18.1 Å². The van der Waals surface area contributed by atoms with Crippen molar-refractivity contribution < 1.29 is 19.4 Å². The maximum atomic E-state index is 12.8. The van der Waals surface area contributed by atoms with Crippen LogP contribution in [0.4, 0.5) is 5.69 Å². The topological polar surface area (TPSA) is 71.0 Å². The van der Waals surface area contributed by atoms with Crippen molar-refractivity contribution in [3.8, 4) is 17.2 Å². The number of hydrogen-bond acceptors (Lipinski definition) is 5. The maximum absolute atomic E-state index is 12.8. The Hall–Kier alpha value is -2.58. The van der Waals surface area contributed by atoms with Crippen molar-refractivity contribution in [2.45, 2.75) is 0 Å². The van der Waals surface area contributed by atoms with E-state index < -0.39 is 0 Å². The Bertz CT molecular complexity index is 912. The highest BCUT2D eigenvalue weighted by atomic mass is 79.9. The molecule has 1 aliphatic rings. The van der Waals surface area contributed by atoms with E-state index in [0.29, 0.717) is 32.9 Å². The van der Waals surface area contributed by atoms with Gasteiger partial charge in [-0.3, -0.25) is 9.69 Å². The molecule has 26 heavy (non-hydrogen) atoms. The minimum atomic E-state index is -0.279. The van der Waals surface area contributed by atoms with Gasteiger partial charge in [0, 0.05) is 4.47 Å². The van der Waals surface area contributed by atoms with Crippen molar-refractivity contribution >= 4 is 50.9 Å². The van der Waals surface area contributed by atoms with Gasteiger partial charge in [0.1, 0.15) is 11.4 Å². The molecular formula is C18H15BrN2O4S. The van der Waals surface area contributed by atoms with Crippen molar-refractivity contribution in [3.63, 3.8) is 0 Å². The fourth-order valence-electron chi connectivity index (χ4n) is 2.49. The number of phenolic OH excluding ortho intramolecular Hbond substituents is 1. The number of ether oxygens (including phenoxy) is 2. The number of halogens is 1. The molecule has 2 aromatic rings. The van der Waals surface area contributed by atoms with Crippen LogP contribution in [0.5, 0.6) is 17.2 Å². The van der Waals surface area contributed by atoms with Gasteiger partial charge in [0.25, 0.3) is 5.91 Å². The van der Waals surface area contributed by atoms with Gasteiger partial charge in [-0.25, -0.2) is 0 Å². The van der Waals surface area contributed by atoms with Crippen molar-refractivity contribution in [3.05, 3.63) is 52.1 Å². The first-order valence-corrected chi connectivity index (χ1v) is 8.72. The number of carbonyl (C=O) groups is 1. The van der Waals surface area contributed by atoms with Gasteiger partial charge < -0.3 is 19.9 Å². The summed E-state index contributed by atoms with van der Waals surface area (Å²) in [5, 5.41) is 13.0. The molecule has 1 amide bonds. The van der Waals surface area contributed by atoms with Crippen LogP contribution in [0.15, 0.2) is 46.6 Å². The SMILES string of the molecule is COc1ccc(N2C(=O)/C(=C/c3cc(OC)c(O)cc3Br)NC2=S)cc1. The lowest BCUT2D eigenvalue weighted by Gasteiger charge is -2.14. The molecule has 1 fully saturated rings. The van der Waals surface area contributed by atoms with Crippen molar-refractivity contribution in [1.82, 2.24) is 5.32 Å². The van der Waals surface area contributed by atoms with Crippen LogP contribution in [0.2, 0.25) is 0 Å². The molecule has 6 nitrogen and oxygen atoms in total. The molecule has 0 saturated carbocycles. The van der Waals surface area contributed by atoms with E-state index in [4.69, 9.17) is 21.7 Å². The number of carbonyl (C=O) groups excluding carboxylic acids is 1. The quantitative estimate of drug-likeness (QED) is 0.567. The Labute approximate surface area is 164 Å². The van der Waals surface area contributed by atoms with Crippen LogP contribution in [0.1, 0.15) is 5.56 Å². The van der Waals surface area contributed by atoms with Crippen LogP contribution < -0.4 is 19.7 Å². The van der Waals surface area contributed by atoms with Gasteiger partial charge in [0.05, 0.1) is 19.9 Å². The van der Waals surface area contributed by atoms with Crippen LogP contribution in [-0.2, 0) is 4.79 Å². The third kappa shape index (κ3) is 3.38. The standard InChI is InChI=1S/C18H15BrN2O4S/c1-24-12-5-3-11(4-6-12)21-17(23)14(20-18(21)26)7-10-8-16(25-2)15(22)9-13(10)19/h3-9,22H,1-2H3,(H,20,26)/b14-7-. The third-order valence-corrected chi connectivity index (χ3v) is 4.78. The van der Waals surface area contributed by atoms with Crippen molar-refractivity contribution in [1.29, 1.82) is 0 Å². The summed E-state index contributed by atoms with van der Waals surface area (Å²) in [4.78, 5) is 14.2. The van der Waals surface area contributed by atoms with Crippen molar-refractivity contribution in [2.75, 3.05) is 19.1 Å². The lowest BCUT2D eigenvalue weighted by molar-refractivity contribution is -0.113. The number of nitrogens with one attached hydrogen (secondary N) is 1. The van der Waals surface area contributed by atoms with Gasteiger partial charge in [0.2, 0.25) is 0 Å². The zero-order valence-electron chi connectivity index (χ0n) is 13.9. The fraction of sp³-hybridized carbons (Fsp3) is 0.111. The van der Waals surface area contributed by atoms with Gasteiger partial charge >= 0.3 is 0 Å². The second-order valence-corrected chi connectivity index (χ2v) is 6.61. The van der Waals surface area contributed by atoms with Gasteiger partial charge in [0.15, 0.2) is 16.6 Å². The molecule has 0 bridgehead atoms. The van der Waals surface area contributed by atoms with Crippen LogP contribution in [-0.4, -0.2) is 30.3 Å². The summed E-state index contributed by atoms with van der Waals surface area (Å²) in [5.41, 5.74) is 1.62. The molecule has 0 radical (unpaired) electrons. The van der Waals surface area contributed by atoms with Crippen LogP contribution in [0.25, 0.3) is 6.08 Å². The average molecular weight is 435 g/mol. The van der Waals surface area contributed by atoms with E-state index in [1.807, 2.05) is 0 Å². The molecule has 3 rings (SSSR count). The van der Waals surface area contributed by atoms with Gasteiger partial charge in [-0.05, 0) is 60.3 Å². The highest BCUT2D eigenvalue weighted by Crippen LogP contribution is 2.34. The first-order valence-electron chi connectivity index (χ1n) is 7.52. The third-order valence-electron chi connectivity index (χ3n) is 3.81. The Morgan fingerprint density at radius 3 is 2.50 bits per heavy atom. The molecule has 0 aliphatic carbocycles. The molecule has 1 saturated heterocycles. The van der Waals surface area contributed by atoms with Crippen molar-refractivity contribution in [2.24, 2.45) is 0 Å². The fourth-order valence-corrected chi connectivity index (χ4v) is 3.23. The lowest BCUT2D eigenvalue weighted by Crippen LogP contribution is -2.30. The summed E-state index contributed by atoms with van der Waals surface area (Å²) >= 11 is 8.67. The number of amides is 1. The Balaban J connectivity index is 1.94. The zero-order chi connectivity index (χ0) is 18.8. The van der Waals surface area contributed by atoms with Crippen LogP contribution >= 0.6 is 28.1 Å². The first-order chi connectivity index (χ1) is 12.4. The number of benzene rings is 2. The number of methoxy groups -OCH3 is 2. The molecular weight excluding hydrogens is 420 g/mol. The maximum Gasteiger partial charge on any atom is 0.281 e. The van der Waals surface area contributed by atoms with E-state index in [0.717, 1.165) is 0 Å². The van der Waals surface area contributed by atoms with E-state index in [2.05, 4.69) is 21.2 Å². The molecule has 1 aliphatic heterocycles. The summed E-state index contributed by atoms with van der Waals surface area (Å²) in [6, 6.07) is 10.2. The predicted octanol–water partition coefficient (Wildman–Crippen LogP) is 3.43. The first kappa shape index (κ1) is 18.2. The van der Waals surface area contributed by atoms with Crippen LogP contribution in [0, 0.1) is 0 Å². The summed E-state index contributed by atoms with van der Waals surface area (Å²) in [6.45, 7) is 0. The predicted molar refractivity (Wildman–Crippen MR) is 107 cm³/mol. The summed E-state index contributed by atoms with van der Waals surface area (Å²) in [6.07, 6.45) is 1.64. The summed E-state index contributed by atoms with van der Waals surface area (Å²) in [7, 11) is 3.03. The van der Waals surface area contributed by atoms with E-state index in [1.54, 1.807) is 43.5 Å². The monoisotopic (exact) mass is 434 g/mol. The largest absolute Gasteiger partial charge is 0.504 e. The molecule has 2 N–H and O–H groups in total. The number of hydrogen-bond donors (Lipinski definition) is 2. The normalized spacial score (nSPS) is 15.3. The molecule has 134 valence electrons. The van der Waals surface area contributed by atoms with E-state index >= 15 is 0 Å². The smallest absolute Gasteiger partial charge is 0.281 e. The van der Waals surface area contributed by atoms with Gasteiger partial charge in [-0.1, -0.05) is 15.9 Å². The second-order valence-electron chi connectivity index (χ2n) is 5.37. The summed E-state index contributed by atoms with van der Waals surface area (Å²) in [5.74, 6) is 0.719. The molecule has 2 aromatic carbocycles. The lowest BCUT2D eigenvalue weighted by atomic mass is 10.1. The second kappa shape index (κ2) is 7.35. The highest BCUT2D eigenvalue weighted by Gasteiger charge is 2.32. The number of nitrogens with zero attached hydrogens (tertiary/aromatic N) is 1. The van der Waals surface area contributed by atoms with Gasteiger partial charge in [-0.2, -0.15) is 0 Å². The number of anilines is 1. The number of rotatable bonds is 4. The van der Waals surface area contributed by atoms with E-state index in [-0.39, 0.29) is 16.8 Å². The number of thiocarbonyl (C=S) groups is 1. The molecule has 0 aromatic heterocycles. The minimum absolute atomic E-state index is 0.00242. The highest BCUT2D eigenvalue weighted by molar-refractivity contribution is 9.10. The Kier molecular flexibility index (Phi) is 5.15. The Morgan fingerprint density at radius 2 is 1.88 bits per heavy atom. The number of phenols is 1. The van der Waals surface area contributed by atoms with E-state index in [9.17, 15) is 9.90 Å². The molecule has 8 heteroatoms. The zero-order valence-corrected chi connectivity index (χ0v) is 16.3. The Morgan fingerprint density at radius 1 is 1.19 bits per heavy atom. The minimum Gasteiger partial charge on any atom is -0.504 e. The van der Waals surface area contributed by atoms with Gasteiger partial charge in [-0.15, -0.1) is 0 Å². The molecule has 1 heterocycles.